The molecule has 0 aliphatic carbocycles. The zero-order valence-electron chi connectivity index (χ0n) is 14.3. The largest absolute Gasteiger partial charge is 0.218 e. The standard InChI is InChI=1S/C13H31P.C4HN3/c1-5-8-11-14(4,12-9-6-2)13-10-7-3;5-1-4(2-6)3-7/h14H,5-13H2,1-4H3;4H. The van der Waals surface area contributed by atoms with Gasteiger partial charge in [-0.2, -0.15) is 15.8 Å². The fourth-order valence-corrected chi connectivity index (χ4v) is 6.64. The molecule has 0 atom stereocenters. The van der Waals surface area contributed by atoms with Crippen LogP contribution in [-0.2, 0) is 0 Å². The summed E-state index contributed by atoms with van der Waals surface area (Å²) in [5, 5.41) is 23.5. The average molecular weight is 309 g/mol. The topological polar surface area (TPSA) is 71.4 Å². The van der Waals surface area contributed by atoms with E-state index in [0.29, 0.717) is 0 Å². The van der Waals surface area contributed by atoms with Crippen LogP contribution >= 0.6 is 7.26 Å². The fourth-order valence-electron chi connectivity index (χ4n) is 2.27. The van der Waals surface area contributed by atoms with E-state index < -0.39 is 13.2 Å². The summed E-state index contributed by atoms with van der Waals surface area (Å²) < 4.78 is 0. The van der Waals surface area contributed by atoms with Crippen molar-refractivity contribution in [3.63, 3.8) is 0 Å². The molecule has 21 heavy (non-hydrogen) atoms. The Morgan fingerprint density at radius 3 is 1.14 bits per heavy atom. The van der Waals surface area contributed by atoms with Crippen LogP contribution in [0.3, 0.4) is 0 Å². The molecule has 0 bridgehead atoms. The molecule has 0 aromatic carbocycles. The number of unbranched alkanes of at least 4 members (excludes halogenated alkanes) is 3. The second-order valence-electron chi connectivity index (χ2n) is 5.94. The quantitative estimate of drug-likeness (QED) is 0.566. The molecule has 0 aliphatic heterocycles. The molecule has 0 saturated heterocycles. The van der Waals surface area contributed by atoms with Gasteiger partial charge in [-0.15, -0.1) is 0 Å². The third-order valence-corrected chi connectivity index (χ3v) is 8.47. The van der Waals surface area contributed by atoms with E-state index in [4.69, 9.17) is 15.8 Å². The predicted molar refractivity (Wildman–Crippen MR) is 93.9 cm³/mol. The molecular formula is C17H32N3P. The van der Waals surface area contributed by atoms with Crippen LogP contribution in [-0.4, -0.2) is 25.2 Å². The molecule has 0 heterocycles. The van der Waals surface area contributed by atoms with E-state index >= 15 is 0 Å². The number of rotatable bonds is 9. The van der Waals surface area contributed by atoms with Gasteiger partial charge in [0.05, 0.1) is 18.2 Å². The van der Waals surface area contributed by atoms with Crippen LogP contribution in [0.4, 0.5) is 0 Å². The minimum absolute atomic E-state index is 0.812. The molecule has 0 rings (SSSR count). The molecule has 3 nitrogen and oxygen atoms in total. The summed E-state index contributed by atoms with van der Waals surface area (Å²) in [5.74, 6) is -1.10. The van der Waals surface area contributed by atoms with Gasteiger partial charge in [0.15, 0.2) is 0 Å². The summed E-state index contributed by atoms with van der Waals surface area (Å²) in [5.41, 5.74) is 0. The van der Waals surface area contributed by atoms with Crippen LogP contribution in [0.5, 0.6) is 0 Å². The first kappa shape index (κ1) is 22.2. The number of nitrogens with zero attached hydrogens (tertiary/aromatic N) is 3. The average Bonchev–Trinajstić information content (AvgIpc) is 2.51. The minimum Gasteiger partial charge on any atom is -0.196 e. The SMILES string of the molecule is CCCC[PH](C)(CCCC)CCCC.N#CC(C#N)C#N. The molecule has 0 saturated carbocycles. The Balaban J connectivity index is 0. The van der Waals surface area contributed by atoms with Gasteiger partial charge in [-0.05, 0) is 0 Å². The molecule has 0 amide bonds. The summed E-state index contributed by atoms with van der Waals surface area (Å²) in [4.78, 5) is 0. The predicted octanol–water partition coefficient (Wildman–Crippen LogP) is 4.94. The van der Waals surface area contributed by atoms with E-state index in [9.17, 15) is 0 Å². The zero-order valence-corrected chi connectivity index (χ0v) is 15.3. The van der Waals surface area contributed by atoms with Gasteiger partial charge in [-0.3, -0.25) is 0 Å². The van der Waals surface area contributed by atoms with Gasteiger partial charge in [0.1, 0.15) is 0 Å². The third kappa shape index (κ3) is 13.6. The molecular weight excluding hydrogens is 277 g/mol. The van der Waals surface area contributed by atoms with Crippen LogP contribution in [0.2, 0.25) is 0 Å². The van der Waals surface area contributed by atoms with Crippen molar-refractivity contribution >= 4 is 7.26 Å². The van der Waals surface area contributed by atoms with Crippen molar-refractivity contribution in [2.75, 3.05) is 25.2 Å². The second kappa shape index (κ2) is 15.3. The molecule has 0 unspecified atom stereocenters. The van der Waals surface area contributed by atoms with E-state index in [0.717, 1.165) is 0 Å². The molecule has 0 aromatic heterocycles. The van der Waals surface area contributed by atoms with E-state index in [-0.39, 0.29) is 0 Å². The van der Waals surface area contributed by atoms with Crippen molar-refractivity contribution in [2.45, 2.75) is 59.3 Å². The van der Waals surface area contributed by atoms with E-state index in [2.05, 4.69) is 27.4 Å². The van der Waals surface area contributed by atoms with Gasteiger partial charge in [0.2, 0.25) is 5.92 Å². The minimum atomic E-state index is -1.10. The van der Waals surface area contributed by atoms with Crippen LogP contribution in [0.15, 0.2) is 0 Å². The van der Waals surface area contributed by atoms with Crippen LogP contribution in [0.25, 0.3) is 0 Å². The molecule has 0 spiro atoms. The van der Waals surface area contributed by atoms with Gasteiger partial charge in [-0.25, -0.2) is 0 Å². The van der Waals surface area contributed by atoms with Gasteiger partial charge in [0, 0.05) is 0 Å². The summed E-state index contributed by atoms with van der Waals surface area (Å²) in [6.07, 6.45) is 13.4. The van der Waals surface area contributed by atoms with Crippen molar-refractivity contribution < 1.29 is 0 Å². The number of nitriles is 3. The first-order valence-corrected chi connectivity index (χ1v) is 11.3. The van der Waals surface area contributed by atoms with Gasteiger partial charge >= 0.3 is 91.7 Å². The van der Waals surface area contributed by atoms with E-state index in [1.54, 1.807) is 18.5 Å². The van der Waals surface area contributed by atoms with Crippen LogP contribution in [0, 0.1) is 39.9 Å². The van der Waals surface area contributed by atoms with Crippen molar-refractivity contribution in [1.82, 2.24) is 0 Å². The molecule has 0 aromatic rings. The smallest absolute Gasteiger partial charge is 0.196 e. The summed E-state index contributed by atoms with van der Waals surface area (Å²) in [7, 11) is -0.812. The maximum atomic E-state index is 7.83. The Labute approximate surface area is 132 Å². The Morgan fingerprint density at radius 2 is 1.00 bits per heavy atom. The van der Waals surface area contributed by atoms with Crippen molar-refractivity contribution in [3.05, 3.63) is 0 Å². The van der Waals surface area contributed by atoms with E-state index in [1.165, 1.54) is 56.7 Å². The Hall–Kier alpha value is -1.10. The first-order chi connectivity index (χ1) is 10.0. The molecule has 0 aliphatic rings. The monoisotopic (exact) mass is 309 g/mol. The van der Waals surface area contributed by atoms with Crippen LogP contribution < -0.4 is 0 Å². The normalized spacial score (nSPS) is 10.8. The Bertz CT molecular complexity index is 305. The molecule has 0 fully saturated rings. The second-order valence-corrected chi connectivity index (χ2v) is 11.1. The van der Waals surface area contributed by atoms with Crippen molar-refractivity contribution in [3.8, 4) is 18.2 Å². The molecule has 4 heteroatoms. The van der Waals surface area contributed by atoms with Gasteiger partial charge in [-0.1, -0.05) is 0 Å². The fraction of sp³-hybridized carbons (Fsp3) is 0.824. The molecule has 0 radical (unpaired) electrons. The third-order valence-electron chi connectivity index (χ3n) is 3.79. The molecule has 120 valence electrons. The molecule has 0 N–H and O–H groups in total. The summed E-state index contributed by atoms with van der Waals surface area (Å²) >= 11 is 0. The number of hydrogen-bond donors (Lipinski definition) is 0. The number of hydrogen-bond acceptors (Lipinski definition) is 3. The van der Waals surface area contributed by atoms with E-state index in [1.807, 2.05) is 0 Å². The summed E-state index contributed by atoms with van der Waals surface area (Å²) in [6.45, 7) is 9.63. The maximum Gasteiger partial charge on any atom is 0.218 e. The Morgan fingerprint density at radius 1 is 0.714 bits per heavy atom. The first-order valence-electron chi connectivity index (χ1n) is 8.22. The van der Waals surface area contributed by atoms with Crippen LogP contribution in [0.1, 0.15) is 59.3 Å². The maximum absolute atomic E-state index is 7.83. The Kier molecular flexibility index (Phi) is 16.2. The van der Waals surface area contributed by atoms with Gasteiger partial charge in [0.25, 0.3) is 0 Å². The zero-order chi connectivity index (χ0) is 16.6. The van der Waals surface area contributed by atoms with Crippen molar-refractivity contribution in [1.29, 1.82) is 15.8 Å². The summed E-state index contributed by atoms with van der Waals surface area (Å²) in [6, 6.07) is 4.44. The van der Waals surface area contributed by atoms with Gasteiger partial charge < -0.3 is 0 Å². The van der Waals surface area contributed by atoms with Crippen molar-refractivity contribution in [2.24, 2.45) is 5.92 Å².